The van der Waals surface area contributed by atoms with Gasteiger partial charge in [0.1, 0.15) is 6.10 Å². The van der Waals surface area contributed by atoms with Gasteiger partial charge < -0.3 is 25.6 Å². The average molecular weight is 504 g/mol. The number of halogens is 2. The molecule has 9 heteroatoms. The van der Waals surface area contributed by atoms with E-state index in [1.807, 2.05) is 16.7 Å². The maximum atomic E-state index is 13.4. The van der Waals surface area contributed by atoms with E-state index in [9.17, 15) is 9.59 Å². The molecule has 3 N–H and O–H groups in total. The van der Waals surface area contributed by atoms with E-state index in [0.717, 1.165) is 32.2 Å². The van der Waals surface area contributed by atoms with Crippen molar-refractivity contribution in [2.24, 2.45) is 17.6 Å². The molecule has 0 aromatic rings. The minimum Gasteiger partial charge on any atom is -0.445 e. The minimum atomic E-state index is -0.312. The van der Waals surface area contributed by atoms with Gasteiger partial charge >= 0.3 is 6.09 Å². The van der Waals surface area contributed by atoms with Crippen LogP contribution < -0.4 is 11.1 Å². The fraction of sp³-hybridized carbons (Fsp3) is 0.917. The van der Waals surface area contributed by atoms with E-state index in [4.69, 9.17) is 33.7 Å². The Kier molecular flexibility index (Phi) is 8.35. The van der Waals surface area contributed by atoms with Crippen LogP contribution in [0.25, 0.3) is 0 Å². The number of hydrogen-bond donors (Lipinski definition) is 2. The molecule has 33 heavy (non-hydrogen) atoms. The third kappa shape index (κ3) is 5.91. The second-order valence-corrected chi connectivity index (χ2v) is 11.8. The number of rotatable bonds is 6. The summed E-state index contributed by atoms with van der Waals surface area (Å²) in [6.07, 6.45) is 6.80. The van der Waals surface area contributed by atoms with Gasteiger partial charge in [-0.1, -0.05) is 0 Å². The maximum absolute atomic E-state index is 13.4. The Hall–Kier alpha value is -0.760. The minimum absolute atomic E-state index is 0.0234. The van der Waals surface area contributed by atoms with Crippen molar-refractivity contribution < 1.29 is 14.3 Å². The van der Waals surface area contributed by atoms with Crippen LogP contribution in [0.15, 0.2) is 0 Å². The molecule has 4 fully saturated rings. The molecule has 7 nitrogen and oxygen atoms in total. The fourth-order valence-electron chi connectivity index (χ4n) is 6.26. The predicted octanol–water partition coefficient (Wildman–Crippen LogP) is 3.31. The molecule has 3 saturated carbocycles. The highest BCUT2D eigenvalue weighted by Gasteiger charge is 2.48. The number of amides is 2. The monoisotopic (exact) mass is 502 g/mol. The number of nitrogens with zero attached hydrogens (tertiary/aromatic N) is 2. The van der Waals surface area contributed by atoms with Crippen molar-refractivity contribution in [3.8, 4) is 0 Å². The molecular formula is C24H40Cl2N4O3. The lowest BCUT2D eigenvalue weighted by Gasteiger charge is -2.54. The Balaban J connectivity index is 1.47. The standard InChI is InChI=1S/C24H40Cl2N4O3/c1-14-13-29(24(32)33-23-8-4-18(25)10-20(23)26)22-9-16(3-7-21(22)30(14)15(2)31)17(11-27)12-28-19-5-6-19/h14,16-23,28H,3-13,27H2,1-2H3/t14-,16?,17?,18?,20?,21?,22?,23?/m0/s1. The Morgan fingerprint density at radius 1 is 1.09 bits per heavy atom. The molecule has 2 amide bonds. The van der Waals surface area contributed by atoms with E-state index in [1.54, 1.807) is 6.92 Å². The number of nitrogens with two attached hydrogens (primary N) is 1. The van der Waals surface area contributed by atoms with Crippen LogP contribution in [0.5, 0.6) is 0 Å². The molecular weight excluding hydrogens is 463 g/mol. The maximum Gasteiger partial charge on any atom is 0.410 e. The normalized spacial score (nSPS) is 37.9. The first-order valence-corrected chi connectivity index (χ1v) is 13.6. The first-order chi connectivity index (χ1) is 15.8. The van der Waals surface area contributed by atoms with Crippen LogP contribution in [-0.2, 0) is 9.53 Å². The molecule has 0 aromatic heterocycles. The van der Waals surface area contributed by atoms with Crippen LogP contribution in [0.1, 0.15) is 65.2 Å². The van der Waals surface area contributed by atoms with Crippen molar-refractivity contribution >= 4 is 35.2 Å². The lowest BCUT2D eigenvalue weighted by molar-refractivity contribution is -0.142. The molecule has 0 spiro atoms. The van der Waals surface area contributed by atoms with Crippen LogP contribution in [0.4, 0.5) is 4.79 Å². The first-order valence-electron chi connectivity index (χ1n) is 12.8. The zero-order valence-electron chi connectivity index (χ0n) is 19.9. The van der Waals surface area contributed by atoms with Crippen LogP contribution in [-0.4, -0.2) is 82.5 Å². The van der Waals surface area contributed by atoms with Crippen molar-refractivity contribution in [1.29, 1.82) is 0 Å². The zero-order chi connectivity index (χ0) is 23.7. The highest BCUT2D eigenvalue weighted by molar-refractivity contribution is 6.24. The largest absolute Gasteiger partial charge is 0.445 e. The third-order valence-corrected chi connectivity index (χ3v) is 9.09. The van der Waals surface area contributed by atoms with E-state index >= 15 is 0 Å². The Morgan fingerprint density at radius 3 is 2.48 bits per heavy atom. The Labute approximate surface area is 208 Å². The van der Waals surface area contributed by atoms with E-state index in [0.29, 0.717) is 43.8 Å². The van der Waals surface area contributed by atoms with Crippen molar-refractivity contribution in [1.82, 2.24) is 15.1 Å². The van der Waals surface area contributed by atoms with E-state index in [1.165, 1.54) is 12.8 Å². The molecule has 188 valence electrons. The molecule has 0 radical (unpaired) electrons. The number of hydrogen-bond acceptors (Lipinski definition) is 5. The quantitative estimate of drug-likeness (QED) is 0.543. The van der Waals surface area contributed by atoms with E-state index in [2.05, 4.69) is 5.32 Å². The highest BCUT2D eigenvalue weighted by atomic mass is 35.5. The number of nitrogens with one attached hydrogen (secondary N) is 1. The highest BCUT2D eigenvalue weighted by Crippen LogP contribution is 2.39. The topological polar surface area (TPSA) is 87.9 Å². The van der Waals surface area contributed by atoms with Crippen LogP contribution in [0.2, 0.25) is 0 Å². The number of ether oxygens (including phenoxy) is 1. The first kappa shape index (κ1) is 25.3. The molecule has 1 aliphatic heterocycles. The van der Waals surface area contributed by atoms with Gasteiger partial charge in [-0.05, 0) is 83.2 Å². The van der Waals surface area contributed by atoms with Gasteiger partial charge in [-0.3, -0.25) is 4.79 Å². The number of carbonyl (C=O) groups excluding carboxylic acids is 2. The number of alkyl halides is 2. The number of carbonyl (C=O) groups is 2. The molecule has 3 aliphatic carbocycles. The SMILES string of the molecule is CC(=O)N1C2CCC(C(CN)CNC3CC3)CC2N(C(=O)OC2CCC(Cl)CC2Cl)C[C@@H]1C. The van der Waals surface area contributed by atoms with Crippen molar-refractivity contribution in [3.05, 3.63) is 0 Å². The number of fused-ring (bicyclic) bond motifs is 1. The van der Waals surface area contributed by atoms with Gasteiger partial charge in [0, 0.05) is 30.9 Å². The predicted molar refractivity (Wildman–Crippen MR) is 131 cm³/mol. The summed E-state index contributed by atoms with van der Waals surface area (Å²) in [6.45, 7) is 5.70. The summed E-state index contributed by atoms with van der Waals surface area (Å²) in [5.41, 5.74) is 6.19. The smallest absolute Gasteiger partial charge is 0.410 e. The average Bonchev–Trinajstić information content (AvgIpc) is 3.59. The molecule has 0 bridgehead atoms. The van der Waals surface area contributed by atoms with E-state index < -0.39 is 0 Å². The molecule has 8 atom stereocenters. The van der Waals surface area contributed by atoms with Gasteiger partial charge in [0.15, 0.2) is 0 Å². The van der Waals surface area contributed by atoms with Gasteiger partial charge in [-0.15, -0.1) is 23.2 Å². The molecule has 4 rings (SSSR count). The summed E-state index contributed by atoms with van der Waals surface area (Å²) in [4.78, 5) is 29.8. The third-order valence-electron chi connectivity index (χ3n) is 8.23. The van der Waals surface area contributed by atoms with Crippen LogP contribution in [0, 0.1) is 11.8 Å². The lowest BCUT2D eigenvalue weighted by atomic mass is 9.73. The van der Waals surface area contributed by atoms with Gasteiger partial charge in [0.2, 0.25) is 5.91 Å². The molecule has 0 aromatic carbocycles. The summed E-state index contributed by atoms with van der Waals surface area (Å²) in [6, 6.07) is 0.581. The Bertz CT molecular complexity index is 709. The summed E-state index contributed by atoms with van der Waals surface area (Å²) in [7, 11) is 0. The lowest BCUT2D eigenvalue weighted by Crippen LogP contribution is -2.67. The molecule has 7 unspecified atom stereocenters. The van der Waals surface area contributed by atoms with Crippen molar-refractivity contribution in [2.45, 2.75) is 106 Å². The second-order valence-electron chi connectivity index (χ2n) is 10.7. The van der Waals surface area contributed by atoms with Gasteiger partial charge in [0.25, 0.3) is 0 Å². The Morgan fingerprint density at radius 2 is 1.85 bits per heavy atom. The summed E-state index contributed by atoms with van der Waals surface area (Å²) >= 11 is 12.7. The number of piperazine rings is 1. The zero-order valence-corrected chi connectivity index (χ0v) is 21.4. The summed E-state index contributed by atoms with van der Waals surface area (Å²) in [5.74, 6) is 0.879. The molecule has 1 saturated heterocycles. The van der Waals surface area contributed by atoms with E-state index in [-0.39, 0.29) is 47.0 Å². The summed E-state index contributed by atoms with van der Waals surface area (Å²) in [5, 5.41) is 3.42. The van der Waals surface area contributed by atoms with Gasteiger partial charge in [0.05, 0.1) is 17.5 Å². The second kappa shape index (κ2) is 10.9. The summed E-state index contributed by atoms with van der Waals surface area (Å²) < 4.78 is 5.95. The van der Waals surface area contributed by atoms with Crippen molar-refractivity contribution in [2.75, 3.05) is 19.6 Å². The van der Waals surface area contributed by atoms with Gasteiger partial charge in [-0.25, -0.2) is 4.79 Å². The molecule has 4 aliphatic rings. The van der Waals surface area contributed by atoms with Crippen LogP contribution in [0.3, 0.4) is 0 Å². The van der Waals surface area contributed by atoms with Gasteiger partial charge in [-0.2, -0.15) is 0 Å². The fourth-order valence-corrected chi connectivity index (χ4v) is 7.06. The molecule has 1 heterocycles. The van der Waals surface area contributed by atoms with Crippen LogP contribution >= 0.6 is 23.2 Å². The van der Waals surface area contributed by atoms with Crippen molar-refractivity contribution in [3.63, 3.8) is 0 Å².